The molecule has 1 saturated carbocycles. The second-order valence-corrected chi connectivity index (χ2v) is 9.46. The maximum atomic E-state index is 5.57. The van der Waals surface area contributed by atoms with Crippen molar-refractivity contribution in [2.75, 3.05) is 27.8 Å². The number of ether oxygens (including phenoxy) is 2. The molecule has 1 aliphatic carbocycles. The Morgan fingerprint density at radius 1 is 1.09 bits per heavy atom. The van der Waals surface area contributed by atoms with Gasteiger partial charge in [-0.2, -0.15) is 4.98 Å². The van der Waals surface area contributed by atoms with Crippen molar-refractivity contribution in [2.45, 2.75) is 70.3 Å². The third kappa shape index (κ3) is 6.74. The molecule has 1 aliphatic rings. The van der Waals surface area contributed by atoms with Gasteiger partial charge in [0, 0.05) is 24.4 Å². The van der Waals surface area contributed by atoms with Crippen molar-refractivity contribution in [1.29, 1.82) is 0 Å². The van der Waals surface area contributed by atoms with Crippen LogP contribution in [-0.4, -0.2) is 43.9 Å². The number of halogens is 1. The summed E-state index contributed by atoms with van der Waals surface area (Å²) in [6.07, 6.45) is 5.93. The van der Waals surface area contributed by atoms with Gasteiger partial charge in [0.05, 0.1) is 20.8 Å². The van der Waals surface area contributed by atoms with Crippen LogP contribution in [-0.2, 0) is 17.4 Å². The molecule has 0 spiro atoms. The highest BCUT2D eigenvalue weighted by atomic mass is 127. The average molecular weight is 572 g/mol. The van der Waals surface area contributed by atoms with Crippen molar-refractivity contribution in [1.82, 2.24) is 20.8 Å². The molecular weight excluding hydrogens is 533 g/mol. The number of nitrogens with zero attached hydrogens (tertiary/aromatic N) is 3. The Morgan fingerprint density at radius 2 is 1.79 bits per heavy atom. The molecule has 0 bridgehead atoms. The molecule has 0 unspecified atom stereocenters. The van der Waals surface area contributed by atoms with Crippen molar-refractivity contribution in [3.63, 3.8) is 0 Å². The summed E-state index contributed by atoms with van der Waals surface area (Å²) in [4.78, 5) is 8.88. The summed E-state index contributed by atoms with van der Waals surface area (Å²) in [6.45, 7) is 7.38. The fourth-order valence-corrected chi connectivity index (χ4v) is 4.23. The molecule has 8 nitrogen and oxygen atoms in total. The van der Waals surface area contributed by atoms with Crippen LogP contribution >= 0.6 is 24.0 Å². The molecule has 0 aliphatic heterocycles. The number of hydrogen-bond acceptors (Lipinski definition) is 6. The molecule has 3 rings (SSSR count). The van der Waals surface area contributed by atoms with E-state index in [4.69, 9.17) is 14.0 Å². The molecule has 0 saturated heterocycles. The Kier molecular flexibility index (Phi) is 9.81. The van der Waals surface area contributed by atoms with E-state index in [1.165, 1.54) is 24.8 Å². The summed E-state index contributed by atoms with van der Waals surface area (Å²) in [5.74, 6) is 3.49. The SMILES string of the molecule is CN=C(NCc1noc(C(C)(C)C)n1)NCC1(c2ccc(OC)c(OC)c2)CCCCC1.I. The van der Waals surface area contributed by atoms with E-state index >= 15 is 0 Å². The van der Waals surface area contributed by atoms with E-state index in [0.29, 0.717) is 18.3 Å². The zero-order valence-corrected chi connectivity index (χ0v) is 23.0. The van der Waals surface area contributed by atoms with Crippen molar-refractivity contribution in [2.24, 2.45) is 4.99 Å². The van der Waals surface area contributed by atoms with Gasteiger partial charge < -0.3 is 24.6 Å². The summed E-state index contributed by atoms with van der Waals surface area (Å²) < 4.78 is 16.4. The quantitative estimate of drug-likeness (QED) is 0.286. The molecular formula is C24H38IN5O3. The van der Waals surface area contributed by atoms with E-state index < -0.39 is 0 Å². The van der Waals surface area contributed by atoms with Gasteiger partial charge in [0.2, 0.25) is 5.89 Å². The molecule has 0 radical (unpaired) electrons. The van der Waals surface area contributed by atoms with Gasteiger partial charge in [-0.05, 0) is 30.5 Å². The van der Waals surface area contributed by atoms with Gasteiger partial charge in [-0.3, -0.25) is 4.99 Å². The van der Waals surface area contributed by atoms with Gasteiger partial charge in [-0.25, -0.2) is 0 Å². The second-order valence-electron chi connectivity index (χ2n) is 9.46. The minimum atomic E-state index is -0.169. The van der Waals surface area contributed by atoms with Crippen molar-refractivity contribution < 1.29 is 14.0 Å². The first-order valence-electron chi connectivity index (χ1n) is 11.3. The van der Waals surface area contributed by atoms with E-state index in [1.807, 2.05) is 6.07 Å². The van der Waals surface area contributed by atoms with E-state index in [0.717, 1.165) is 36.8 Å². The van der Waals surface area contributed by atoms with Crippen LogP contribution in [0.4, 0.5) is 0 Å². The second kappa shape index (κ2) is 11.9. The van der Waals surface area contributed by atoms with E-state index in [1.54, 1.807) is 21.3 Å². The number of benzene rings is 1. The van der Waals surface area contributed by atoms with Gasteiger partial charge in [0.25, 0.3) is 0 Å². The van der Waals surface area contributed by atoms with Gasteiger partial charge in [0.1, 0.15) is 0 Å². The number of hydrogen-bond donors (Lipinski definition) is 2. The number of aliphatic imine (C=N–C) groups is 1. The smallest absolute Gasteiger partial charge is 0.232 e. The molecule has 1 fully saturated rings. The topological polar surface area (TPSA) is 93.8 Å². The monoisotopic (exact) mass is 571 g/mol. The highest BCUT2D eigenvalue weighted by Crippen LogP contribution is 2.42. The lowest BCUT2D eigenvalue weighted by Crippen LogP contribution is -2.46. The fourth-order valence-electron chi connectivity index (χ4n) is 4.23. The molecule has 1 heterocycles. The lowest BCUT2D eigenvalue weighted by atomic mass is 9.69. The van der Waals surface area contributed by atoms with Crippen LogP contribution in [0.15, 0.2) is 27.7 Å². The Hall–Kier alpha value is -2.04. The largest absolute Gasteiger partial charge is 0.493 e. The summed E-state index contributed by atoms with van der Waals surface area (Å²) in [6, 6.07) is 6.29. The minimum absolute atomic E-state index is 0. The summed E-state index contributed by atoms with van der Waals surface area (Å²) in [7, 11) is 5.12. The first-order chi connectivity index (χ1) is 15.3. The zero-order chi connectivity index (χ0) is 23.2. The van der Waals surface area contributed by atoms with Crippen LogP contribution in [0.25, 0.3) is 0 Å². The molecule has 184 valence electrons. The standard InChI is InChI=1S/C24H37N5O3.HI/c1-23(2,3)21-28-20(29-32-21)15-26-22(25-4)27-16-24(12-8-7-9-13-24)17-10-11-18(30-5)19(14-17)31-6;/h10-11,14H,7-9,12-13,15-16H2,1-6H3,(H2,25,26,27);1H. The Balaban J connectivity index is 0.00000385. The Bertz CT molecular complexity index is 917. The maximum absolute atomic E-state index is 5.57. The Morgan fingerprint density at radius 3 is 2.36 bits per heavy atom. The van der Waals surface area contributed by atoms with E-state index in [-0.39, 0.29) is 34.8 Å². The van der Waals surface area contributed by atoms with Crippen molar-refractivity contribution in [3.05, 3.63) is 35.5 Å². The average Bonchev–Trinajstić information content (AvgIpc) is 3.29. The molecule has 2 aromatic rings. The highest BCUT2D eigenvalue weighted by Gasteiger charge is 2.35. The fraction of sp³-hybridized carbons (Fsp3) is 0.625. The molecule has 1 aromatic carbocycles. The lowest BCUT2D eigenvalue weighted by Gasteiger charge is -2.38. The van der Waals surface area contributed by atoms with Crippen LogP contribution in [0.2, 0.25) is 0 Å². The van der Waals surface area contributed by atoms with Crippen LogP contribution in [0.1, 0.15) is 70.2 Å². The summed E-state index contributed by atoms with van der Waals surface area (Å²) in [5.41, 5.74) is 1.12. The van der Waals surface area contributed by atoms with Crippen molar-refractivity contribution in [3.8, 4) is 11.5 Å². The number of guanidine groups is 1. The third-order valence-corrected chi connectivity index (χ3v) is 6.15. The minimum Gasteiger partial charge on any atom is -0.493 e. The van der Waals surface area contributed by atoms with E-state index in [9.17, 15) is 0 Å². The number of rotatable bonds is 7. The predicted molar refractivity (Wildman–Crippen MR) is 141 cm³/mol. The van der Waals surface area contributed by atoms with Crippen LogP contribution in [0.3, 0.4) is 0 Å². The van der Waals surface area contributed by atoms with Gasteiger partial charge in [-0.15, -0.1) is 24.0 Å². The molecule has 33 heavy (non-hydrogen) atoms. The summed E-state index contributed by atoms with van der Waals surface area (Å²) in [5, 5.41) is 10.9. The van der Waals surface area contributed by atoms with Gasteiger partial charge in [-0.1, -0.05) is 51.3 Å². The molecule has 0 amide bonds. The van der Waals surface area contributed by atoms with Crippen LogP contribution in [0.5, 0.6) is 11.5 Å². The summed E-state index contributed by atoms with van der Waals surface area (Å²) >= 11 is 0. The molecule has 9 heteroatoms. The van der Waals surface area contributed by atoms with Gasteiger partial charge >= 0.3 is 0 Å². The molecule has 0 atom stereocenters. The number of aromatic nitrogens is 2. The predicted octanol–water partition coefficient (Wildman–Crippen LogP) is 4.57. The maximum Gasteiger partial charge on any atom is 0.232 e. The normalized spacial score (nSPS) is 16.0. The van der Waals surface area contributed by atoms with Crippen LogP contribution in [0, 0.1) is 0 Å². The lowest BCUT2D eigenvalue weighted by molar-refractivity contribution is 0.288. The number of nitrogens with one attached hydrogen (secondary N) is 2. The highest BCUT2D eigenvalue weighted by molar-refractivity contribution is 14.0. The number of methoxy groups -OCH3 is 2. The third-order valence-electron chi connectivity index (χ3n) is 6.15. The first kappa shape index (κ1) is 27.2. The van der Waals surface area contributed by atoms with Gasteiger partial charge in [0.15, 0.2) is 23.3 Å². The zero-order valence-electron chi connectivity index (χ0n) is 20.7. The Labute approximate surface area is 214 Å². The van der Waals surface area contributed by atoms with Crippen molar-refractivity contribution >= 4 is 29.9 Å². The van der Waals surface area contributed by atoms with E-state index in [2.05, 4.69) is 58.7 Å². The van der Waals surface area contributed by atoms with Crippen LogP contribution < -0.4 is 20.1 Å². The molecule has 2 N–H and O–H groups in total. The first-order valence-corrected chi connectivity index (χ1v) is 11.3. The molecule has 1 aromatic heterocycles.